The molecule has 156 valence electrons. The number of carbonyl (C=O) groups is 2. The zero-order valence-electron chi connectivity index (χ0n) is 17.9. The Bertz CT molecular complexity index is 816. The Morgan fingerprint density at radius 2 is 1.62 bits per heavy atom. The third-order valence-corrected chi connectivity index (χ3v) is 4.58. The molecular formula is C23H31N3O3. The first-order chi connectivity index (χ1) is 13.8. The Morgan fingerprint density at radius 3 is 2.21 bits per heavy atom. The highest BCUT2D eigenvalue weighted by Crippen LogP contribution is 2.17. The van der Waals surface area contributed by atoms with E-state index in [1.54, 1.807) is 24.3 Å². The molecule has 0 aliphatic rings. The second-order valence-electron chi connectivity index (χ2n) is 7.67. The number of rotatable bonds is 9. The predicted molar refractivity (Wildman–Crippen MR) is 115 cm³/mol. The zero-order valence-corrected chi connectivity index (χ0v) is 17.9. The minimum Gasteiger partial charge on any atom is -0.496 e. The number of methoxy groups -OCH3 is 1. The number of benzene rings is 2. The second-order valence-corrected chi connectivity index (χ2v) is 7.67. The summed E-state index contributed by atoms with van der Waals surface area (Å²) in [6, 6.07) is 14.5. The first-order valence-electron chi connectivity index (χ1n) is 9.76. The quantitative estimate of drug-likeness (QED) is 0.683. The number of hydrogen-bond donors (Lipinski definition) is 2. The van der Waals surface area contributed by atoms with Gasteiger partial charge >= 0.3 is 0 Å². The second kappa shape index (κ2) is 10.6. The van der Waals surface area contributed by atoms with E-state index in [1.165, 1.54) is 12.7 Å². The summed E-state index contributed by atoms with van der Waals surface area (Å²) in [5.74, 6) is -0.119. The van der Waals surface area contributed by atoms with Gasteiger partial charge in [0.25, 0.3) is 5.91 Å². The van der Waals surface area contributed by atoms with E-state index in [4.69, 9.17) is 4.74 Å². The number of nitrogens with zero attached hydrogens (tertiary/aromatic N) is 1. The van der Waals surface area contributed by atoms with E-state index in [0.717, 1.165) is 12.1 Å². The van der Waals surface area contributed by atoms with Gasteiger partial charge in [-0.3, -0.25) is 9.59 Å². The third kappa shape index (κ3) is 6.61. The lowest BCUT2D eigenvalue weighted by molar-refractivity contribution is -0.124. The Balaban J connectivity index is 1.99. The Hall–Kier alpha value is -2.86. The average Bonchev–Trinajstić information content (AvgIpc) is 2.70. The topological polar surface area (TPSA) is 70.7 Å². The van der Waals surface area contributed by atoms with Crippen LogP contribution in [0.3, 0.4) is 0 Å². The van der Waals surface area contributed by atoms with E-state index in [2.05, 4.69) is 27.7 Å². The van der Waals surface area contributed by atoms with Crippen LogP contribution in [-0.4, -0.2) is 44.0 Å². The van der Waals surface area contributed by atoms with Gasteiger partial charge < -0.3 is 20.3 Å². The SMILES string of the molecule is COc1ccccc1C(=O)N[C@H](C(=O)NCc1ccc(CN(C)C)cc1)C(C)C. The first-order valence-corrected chi connectivity index (χ1v) is 9.76. The van der Waals surface area contributed by atoms with Gasteiger partial charge in [-0.15, -0.1) is 0 Å². The summed E-state index contributed by atoms with van der Waals surface area (Å²) >= 11 is 0. The monoisotopic (exact) mass is 397 g/mol. The van der Waals surface area contributed by atoms with Crippen LogP contribution in [0, 0.1) is 5.92 Å². The smallest absolute Gasteiger partial charge is 0.255 e. The van der Waals surface area contributed by atoms with Crippen LogP contribution in [0.2, 0.25) is 0 Å². The van der Waals surface area contributed by atoms with E-state index in [1.807, 2.05) is 40.1 Å². The molecule has 0 heterocycles. The Kier molecular flexibility index (Phi) is 8.21. The van der Waals surface area contributed by atoms with Gasteiger partial charge in [0, 0.05) is 13.1 Å². The molecule has 0 aliphatic carbocycles. The molecule has 0 aromatic heterocycles. The molecule has 2 aromatic carbocycles. The van der Waals surface area contributed by atoms with Crippen molar-refractivity contribution in [1.29, 1.82) is 0 Å². The van der Waals surface area contributed by atoms with E-state index in [9.17, 15) is 9.59 Å². The fourth-order valence-corrected chi connectivity index (χ4v) is 3.01. The van der Waals surface area contributed by atoms with Crippen molar-refractivity contribution in [2.24, 2.45) is 5.92 Å². The molecule has 0 spiro atoms. The zero-order chi connectivity index (χ0) is 21.4. The van der Waals surface area contributed by atoms with Crippen molar-refractivity contribution in [3.63, 3.8) is 0 Å². The van der Waals surface area contributed by atoms with Gasteiger partial charge in [0.05, 0.1) is 12.7 Å². The number of amides is 2. The molecule has 2 aromatic rings. The van der Waals surface area contributed by atoms with Gasteiger partial charge in [0.2, 0.25) is 5.91 Å². The van der Waals surface area contributed by atoms with E-state index in [0.29, 0.717) is 17.9 Å². The van der Waals surface area contributed by atoms with Crippen molar-refractivity contribution in [3.8, 4) is 5.75 Å². The van der Waals surface area contributed by atoms with Crippen molar-refractivity contribution in [2.75, 3.05) is 21.2 Å². The lowest BCUT2D eigenvalue weighted by atomic mass is 10.0. The highest BCUT2D eigenvalue weighted by Gasteiger charge is 2.25. The minimum atomic E-state index is -0.638. The molecule has 6 nitrogen and oxygen atoms in total. The van der Waals surface area contributed by atoms with Crippen LogP contribution < -0.4 is 15.4 Å². The molecule has 0 saturated carbocycles. The summed E-state index contributed by atoms with van der Waals surface area (Å²) in [5, 5.41) is 5.77. The summed E-state index contributed by atoms with van der Waals surface area (Å²) in [6.07, 6.45) is 0. The van der Waals surface area contributed by atoms with Crippen LogP contribution in [-0.2, 0) is 17.9 Å². The molecule has 2 rings (SSSR count). The van der Waals surface area contributed by atoms with Crippen LogP contribution in [0.1, 0.15) is 35.3 Å². The third-order valence-electron chi connectivity index (χ3n) is 4.58. The van der Waals surface area contributed by atoms with Crippen LogP contribution in [0.5, 0.6) is 5.75 Å². The highest BCUT2D eigenvalue weighted by molar-refractivity contribution is 5.99. The number of carbonyl (C=O) groups excluding carboxylic acids is 2. The van der Waals surface area contributed by atoms with Gasteiger partial charge in [-0.1, -0.05) is 50.2 Å². The van der Waals surface area contributed by atoms with Crippen molar-refractivity contribution >= 4 is 11.8 Å². The molecule has 0 radical (unpaired) electrons. The van der Waals surface area contributed by atoms with Gasteiger partial charge in [-0.2, -0.15) is 0 Å². The van der Waals surface area contributed by atoms with Crippen molar-refractivity contribution < 1.29 is 14.3 Å². The molecule has 1 atom stereocenters. The van der Waals surface area contributed by atoms with Gasteiger partial charge in [-0.25, -0.2) is 0 Å². The summed E-state index contributed by atoms with van der Waals surface area (Å²) in [6.45, 7) is 5.09. The largest absolute Gasteiger partial charge is 0.496 e. The minimum absolute atomic E-state index is 0.0591. The van der Waals surface area contributed by atoms with Crippen LogP contribution >= 0.6 is 0 Å². The number of para-hydroxylation sites is 1. The molecule has 2 amide bonds. The van der Waals surface area contributed by atoms with Crippen molar-refractivity contribution in [3.05, 3.63) is 65.2 Å². The summed E-state index contributed by atoms with van der Waals surface area (Å²) < 4.78 is 5.24. The number of hydrogen-bond acceptors (Lipinski definition) is 4. The average molecular weight is 398 g/mol. The van der Waals surface area contributed by atoms with Crippen LogP contribution in [0.15, 0.2) is 48.5 Å². The molecule has 0 unspecified atom stereocenters. The lowest BCUT2D eigenvalue weighted by Crippen LogP contribution is -2.49. The standard InChI is InChI=1S/C23H31N3O3/c1-16(2)21(25-22(27)19-8-6-7-9-20(19)29-5)23(28)24-14-17-10-12-18(13-11-17)15-26(3)4/h6-13,16,21H,14-15H2,1-5H3,(H,24,28)(H,25,27)/t21-/m0/s1. The first kappa shape index (κ1) is 22.4. The van der Waals surface area contributed by atoms with Crippen LogP contribution in [0.25, 0.3) is 0 Å². The Labute approximate surface area is 173 Å². The molecule has 0 bridgehead atoms. The molecule has 6 heteroatoms. The van der Waals surface area contributed by atoms with Crippen molar-refractivity contribution in [2.45, 2.75) is 33.0 Å². The molecule has 0 saturated heterocycles. The van der Waals surface area contributed by atoms with E-state index < -0.39 is 6.04 Å². The maximum atomic E-state index is 12.7. The lowest BCUT2D eigenvalue weighted by Gasteiger charge is -2.22. The molecular weight excluding hydrogens is 366 g/mol. The molecule has 2 N–H and O–H groups in total. The van der Waals surface area contributed by atoms with Gasteiger partial charge in [0.15, 0.2) is 0 Å². The van der Waals surface area contributed by atoms with Gasteiger partial charge in [-0.05, 0) is 43.3 Å². The number of nitrogens with one attached hydrogen (secondary N) is 2. The maximum Gasteiger partial charge on any atom is 0.255 e. The maximum absolute atomic E-state index is 12.7. The molecule has 29 heavy (non-hydrogen) atoms. The van der Waals surface area contributed by atoms with Crippen molar-refractivity contribution in [1.82, 2.24) is 15.5 Å². The summed E-state index contributed by atoms with van der Waals surface area (Å²) in [4.78, 5) is 27.5. The fourth-order valence-electron chi connectivity index (χ4n) is 3.01. The molecule has 0 aliphatic heterocycles. The normalized spacial score (nSPS) is 12.0. The van der Waals surface area contributed by atoms with Crippen LogP contribution in [0.4, 0.5) is 0 Å². The summed E-state index contributed by atoms with van der Waals surface area (Å²) in [7, 11) is 5.57. The van der Waals surface area contributed by atoms with Gasteiger partial charge in [0.1, 0.15) is 11.8 Å². The van der Waals surface area contributed by atoms with E-state index >= 15 is 0 Å². The highest BCUT2D eigenvalue weighted by atomic mass is 16.5. The summed E-state index contributed by atoms with van der Waals surface area (Å²) in [5.41, 5.74) is 2.64. The molecule has 0 fully saturated rings. The Morgan fingerprint density at radius 1 is 1.00 bits per heavy atom. The fraction of sp³-hybridized carbons (Fsp3) is 0.391. The van der Waals surface area contributed by atoms with E-state index in [-0.39, 0.29) is 17.7 Å². The predicted octanol–water partition coefficient (Wildman–Crippen LogP) is 2.83. The number of ether oxygens (including phenoxy) is 1.